The van der Waals surface area contributed by atoms with Crippen LogP contribution in [0.15, 0.2) is 18.2 Å². The third-order valence-corrected chi connectivity index (χ3v) is 4.73. The van der Waals surface area contributed by atoms with Crippen molar-refractivity contribution in [3.8, 4) is 0 Å². The van der Waals surface area contributed by atoms with E-state index in [9.17, 15) is 0 Å². The summed E-state index contributed by atoms with van der Waals surface area (Å²) in [6.07, 6.45) is 0.178. The molecule has 0 saturated carbocycles. The first-order valence-corrected chi connectivity index (χ1v) is 7.02. The summed E-state index contributed by atoms with van der Waals surface area (Å²) in [4.78, 5) is -0.225. The monoisotopic (exact) mass is 256 g/mol. The standard InChI is InChI=1S/C13H17ClOS/c1-9-4-5-12(10(2)6-9)13(3)15-11(7-14)8-16-13/h4-6,11H,7-8H2,1-3H3/t11-,13-/m1/s1. The Hall–Kier alpha value is -0.180. The molecule has 1 heterocycles. The lowest BCUT2D eigenvalue weighted by Gasteiger charge is -2.26. The van der Waals surface area contributed by atoms with E-state index in [2.05, 4.69) is 39.0 Å². The second-order valence-corrected chi connectivity index (χ2v) is 6.18. The Labute approximate surface area is 107 Å². The van der Waals surface area contributed by atoms with Crippen molar-refractivity contribution in [1.29, 1.82) is 0 Å². The van der Waals surface area contributed by atoms with Crippen LogP contribution >= 0.6 is 23.4 Å². The smallest absolute Gasteiger partial charge is 0.137 e. The van der Waals surface area contributed by atoms with Gasteiger partial charge in [0.1, 0.15) is 4.93 Å². The molecule has 1 aliphatic rings. The predicted octanol–water partition coefficient (Wildman–Crippen LogP) is 3.85. The van der Waals surface area contributed by atoms with Crippen LogP contribution < -0.4 is 0 Å². The Morgan fingerprint density at radius 3 is 2.81 bits per heavy atom. The van der Waals surface area contributed by atoms with Crippen molar-refractivity contribution in [2.24, 2.45) is 0 Å². The van der Waals surface area contributed by atoms with Crippen LogP contribution in [-0.2, 0) is 9.67 Å². The number of halogens is 1. The third-order valence-electron chi connectivity index (χ3n) is 2.98. The number of hydrogen-bond acceptors (Lipinski definition) is 2. The summed E-state index contributed by atoms with van der Waals surface area (Å²) in [5.74, 6) is 1.56. The molecule has 1 saturated heterocycles. The SMILES string of the molecule is Cc1ccc([C@]2(C)O[C@H](CCl)CS2)c(C)c1. The van der Waals surface area contributed by atoms with Gasteiger partial charge in [-0.2, -0.15) is 0 Å². The quantitative estimate of drug-likeness (QED) is 0.744. The summed E-state index contributed by atoms with van der Waals surface area (Å²) < 4.78 is 6.04. The maximum Gasteiger partial charge on any atom is 0.137 e. The van der Waals surface area contributed by atoms with Gasteiger partial charge in [0, 0.05) is 11.6 Å². The van der Waals surface area contributed by atoms with Gasteiger partial charge < -0.3 is 4.74 Å². The number of hydrogen-bond donors (Lipinski definition) is 0. The minimum Gasteiger partial charge on any atom is -0.355 e. The molecule has 88 valence electrons. The van der Waals surface area contributed by atoms with E-state index in [1.54, 1.807) is 0 Å². The highest BCUT2D eigenvalue weighted by atomic mass is 35.5. The molecule has 16 heavy (non-hydrogen) atoms. The van der Waals surface area contributed by atoms with Gasteiger partial charge in [-0.1, -0.05) is 23.8 Å². The van der Waals surface area contributed by atoms with Crippen LogP contribution in [0.2, 0.25) is 0 Å². The Kier molecular flexibility index (Phi) is 3.53. The fourth-order valence-corrected chi connectivity index (χ4v) is 3.76. The Morgan fingerprint density at radius 2 is 2.25 bits per heavy atom. The highest BCUT2D eigenvalue weighted by Gasteiger charge is 2.38. The number of ether oxygens (including phenoxy) is 1. The summed E-state index contributed by atoms with van der Waals surface area (Å²) in [6, 6.07) is 6.53. The van der Waals surface area contributed by atoms with Crippen LogP contribution in [0, 0.1) is 13.8 Å². The van der Waals surface area contributed by atoms with E-state index in [4.69, 9.17) is 16.3 Å². The van der Waals surface area contributed by atoms with Gasteiger partial charge in [0.05, 0.1) is 6.10 Å². The molecule has 1 aromatic rings. The molecular weight excluding hydrogens is 240 g/mol. The molecule has 1 aromatic carbocycles. The molecule has 0 amide bonds. The lowest BCUT2D eigenvalue weighted by atomic mass is 10.0. The minimum atomic E-state index is -0.225. The number of rotatable bonds is 2. The zero-order valence-corrected chi connectivity index (χ0v) is 11.5. The molecule has 0 aromatic heterocycles. The number of alkyl halides is 1. The van der Waals surface area contributed by atoms with Crippen molar-refractivity contribution in [1.82, 2.24) is 0 Å². The topological polar surface area (TPSA) is 9.23 Å². The molecule has 0 bridgehead atoms. The van der Waals surface area contributed by atoms with Gasteiger partial charge in [-0.05, 0) is 31.9 Å². The van der Waals surface area contributed by atoms with Gasteiger partial charge in [-0.15, -0.1) is 23.4 Å². The lowest BCUT2D eigenvalue weighted by molar-refractivity contribution is 0.0127. The van der Waals surface area contributed by atoms with Crippen molar-refractivity contribution in [3.63, 3.8) is 0 Å². The van der Waals surface area contributed by atoms with Gasteiger partial charge in [0.2, 0.25) is 0 Å². The minimum absolute atomic E-state index is 0.178. The average molecular weight is 257 g/mol. The first kappa shape index (κ1) is 12.3. The Morgan fingerprint density at radius 1 is 1.50 bits per heavy atom. The average Bonchev–Trinajstić information content (AvgIpc) is 2.61. The first-order chi connectivity index (χ1) is 7.55. The highest BCUT2D eigenvalue weighted by Crippen LogP contribution is 2.45. The van der Waals surface area contributed by atoms with Crippen molar-refractivity contribution in [2.45, 2.75) is 31.8 Å². The molecule has 1 nitrogen and oxygen atoms in total. The first-order valence-electron chi connectivity index (χ1n) is 5.50. The Bertz CT molecular complexity index is 394. The largest absolute Gasteiger partial charge is 0.355 e. The summed E-state index contributed by atoms with van der Waals surface area (Å²) >= 11 is 7.69. The zero-order valence-electron chi connectivity index (χ0n) is 9.92. The molecule has 2 atom stereocenters. The maximum atomic E-state index is 6.04. The van der Waals surface area contributed by atoms with Gasteiger partial charge in [0.25, 0.3) is 0 Å². The van der Waals surface area contributed by atoms with Gasteiger partial charge in [-0.3, -0.25) is 0 Å². The van der Waals surface area contributed by atoms with Crippen LogP contribution in [0.4, 0.5) is 0 Å². The fraction of sp³-hybridized carbons (Fsp3) is 0.538. The molecule has 3 heteroatoms. The molecule has 0 N–H and O–H groups in total. The van der Waals surface area contributed by atoms with Crippen LogP contribution in [0.1, 0.15) is 23.6 Å². The Balaban J connectivity index is 2.30. The van der Waals surface area contributed by atoms with Crippen molar-refractivity contribution in [3.05, 3.63) is 34.9 Å². The summed E-state index contributed by atoms with van der Waals surface area (Å²) in [7, 11) is 0. The number of benzene rings is 1. The van der Waals surface area contributed by atoms with Gasteiger partial charge in [-0.25, -0.2) is 0 Å². The van der Waals surface area contributed by atoms with E-state index >= 15 is 0 Å². The summed E-state index contributed by atoms with van der Waals surface area (Å²) in [5.41, 5.74) is 3.86. The van der Waals surface area contributed by atoms with E-state index in [0.29, 0.717) is 5.88 Å². The normalized spacial score (nSPS) is 29.6. The number of thioether (sulfide) groups is 1. The van der Waals surface area contributed by atoms with Crippen LogP contribution in [0.25, 0.3) is 0 Å². The molecule has 1 aliphatic heterocycles. The van der Waals surface area contributed by atoms with Crippen LogP contribution in [0.5, 0.6) is 0 Å². The third kappa shape index (κ3) is 2.24. The lowest BCUT2D eigenvalue weighted by Crippen LogP contribution is -2.22. The van der Waals surface area contributed by atoms with E-state index in [0.717, 1.165) is 5.75 Å². The second kappa shape index (κ2) is 4.59. The molecule has 2 rings (SSSR count). The van der Waals surface area contributed by atoms with E-state index in [-0.39, 0.29) is 11.0 Å². The summed E-state index contributed by atoms with van der Waals surface area (Å²) in [6.45, 7) is 6.40. The molecule has 1 fully saturated rings. The summed E-state index contributed by atoms with van der Waals surface area (Å²) in [5, 5.41) is 0. The van der Waals surface area contributed by atoms with Crippen LogP contribution in [-0.4, -0.2) is 17.7 Å². The highest BCUT2D eigenvalue weighted by molar-refractivity contribution is 8.00. The van der Waals surface area contributed by atoms with Gasteiger partial charge >= 0.3 is 0 Å². The van der Waals surface area contributed by atoms with Crippen molar-refractivity contribution in [2.75, 3.05) is 11.6 Å². The van der Waals surface area contributed by atoms with E-state index in [1.165, 1.54) is 16.7 Å². The van der Waals surface area contributed by atoms with Crippen molar-refractivity contribution < 1.29 is 4.74 Å². The molecular formula is C13H17ClOS. The molecule has 0 aliphatic carbocycles. The van der Waals surface area contributed by atoms with E-state index < -0.39 is 0 Å². The molecule has 0 spiro atoms. The predicted molar refractivity (Wildman–Crippen MR) is 71.3 cm³/mol. The van der Waals surface area contributed by atoms with Crippen molar-refractivity contribution >= 4 is 23.4 Å². The number of aryl methyl sites for hydroxylation is 2. The molecule has 0 unspecified atom stereocenters. The van der Waals surface area contributed by atoms with Crippen LogP contribution in [0.3, 0.4) is 0 Å². The zero-order chi connectivity index (χ0) is 11.8. The maximum absolute atomic E-state index is 6.04. The van der Waals surface area contributed by atoms with Gasteiger partial charge in [0.15, 0.2) is 0 Å². The molecule has 0 radical (unpaired) electrons. The fourth-order valence-electron chi connectivity index (χ4n) is 2.18. The van der Waals surface area contributed by atoms with E-state index in [1.807, 2.05) is 11.8 Å². The second-order valence-electron chi connectivity index (χ2n) is 4.47.